The van der Waals surface area contributed by atoms with Gasteiger partial charge in [0.25, 0.3) is 5.56 Å². The number of hydrogen-bond acceptors (Lipinski definition) is 6. The summed E-state index contributed by atoms with van der Waals surface area (Å²) in [4.78, 5) is 29.3. The molecule has 0 radical (unpaired) electrons. The first kappa shape index (κ1) is 26.2. The van der Waals surface area contributed by atoms with Crippen molar-refractivity contribution in [1.29, 1.82) is 0 Å². The van der Waals surface area contributed by atoms with Crippen LogP contribution in [0.3, 0.4) is 0 Å². The fourth-order valence-corrected chi connectivity index (χ4v) is 4.58. The summed E-state index contributed by atoms with van der Waals surface area (Å²) in [6.45, 7) is 3.93. The minimum absolute atomic E-state index is 0.0468. The van der Waals surface area contributed by atoms with Gasteiger partial charge in [-0.25, -0.2) is 4.98 Å². The zero-order valence-corrected chi connectivity index (χ0v) is 23.9. The lowest BCUT2D eigenvalue weighted by Gasteiger charge is -2.13. The van der Waals surface area contributed by atoms with Crippen LogP contribution in [0.2, 0.25) is 0 Å². The molecule has 0 aliphatic carbocycles. The monoisotopic (exact) mass is 676 g/mol. The number of nitrogens with zero attached hydrogens (tertiary/aromatic N) is 4. The highest BCUT2D eigenvalue weighted by molar-refractivity contribution is 9.11. The summed E-state index contributed by atoms with van der Waals surface area (Å²) >= 11 is 10.1. The molecule has 0 spiro atoms. The molecule has 0 fully saturated rings. The Bertz CT molecular complexity index is 1550. The Balaban J connectivity index is 1.82. The molecule has 3 aromatic carbocycles. The number of aromatic nitrogens is 2. The van der Waals surface area contributed by atoms with Crippen molar-refractivity contribution >= 4 is 70.6 Å². The van der Waals surface area contributed by atoms with Gasteiger partial charge < -0.3 is 4.74 Å². The third-order valence-electron chi connectivity index (χ3n) is 5.22. The van der Waals surface area contributed by atoms with Crippen molar-refractivity contribution in [2.75, 3.05) is 0 Å². The molecule has 184 valence electrons. The lowest BCUT2D eigenvalue weighted by Crippen LogP contribution is -2.23. The van der Waals surface area contributed by atoms with Crippen LogP contribution in [0.4, 0.5) is 5.69 Å². The van der Waals surface area contributed by atoms with Crippen molar-refractivity contribution in [3.8, 4) is 5.75 Å². The van der Waals surface area contributed by atoms with Gasteiger partial charge in [0.1, 0.15) is 12.4 Å². The summed E-state index contributed by atoms with van der Waals surface area (Å²) in [5.41, 5.74) is 1.17. The van der Waals surface area contributed by atoms with Crippen molar-refractivity contribution in [2.24, 2.45) is 5.10 Å². The highest BCUT2D eigenvalue weighted by Gasteiger charge is 2.21. The minimum atomic E-state index is -0.514. The van der Waals surface area contributed by atoms with E-state index in [1.807, 2.05) is 44.2 Å². The Morgan fingerprint density at radius 1 is 1.06 bits per heavy atom. The van der Waals surface area contributed by atoms with Gasteiger partial charge in [-0.05, 0) is 42.0 Å². The second kappa shape index (κ2) is 11.0. The van der Waals surface area contributed by atoms with E-state index in [2.05, 4.69) is 57.9 Å². The van der Waals surface area contributed by atoms with Crippen LogP contribution in [0.25, 0.3) is 10.9 Å². The number of nitro groups is 1. The van der Waals surface area contributed by atoms with Crippen LogP contribution in [0.15, 0.2) is 77.9 Å². The molecule has 1 heterocycles. The molecule has 8 nitrogen and oxygen atoms in total. The van der Waals surface area contributed by atoms with E-state index in [9.17, 15) is 14.9 Å². The van der Waals surface area contributed by atoms with Gasteiger partial charge >= 0.3 is 5.69 Å². The molecule has 0 atom stereocenters. The number of halogens is 3. The molecule has 11 heteroatoms. The smallest absolute Gasteiger partial charge is 0.312 e. The summed E-state index contributed by atoms with van der Waals surface area (Å²) in [7, 11) is 0. The van der Waals surface area contributed by atoms with E-state index in [1.165, 1.54) is 17.0 Å². The normalized spacial score (nSPS) is 11.5. The van der Waals surface area contributed by atoms with E-state index in [-0.39, 0.29) is 29.5 Å². The molecule has 4 rings (SSSR count). The summed E-state index contributed by atoms with van der Waals surface area (Å²) < 4.78 is 9.27. The molecule has 0 bridgehead atoms. The Labute approximate surface area is 231 Å². The van der Waals surface area contributed by atoms with Gasteiger partial charge in [0.15, 0.2) is 0 Å². The molecule has 0 amide bonds. The highest BCUT2D eigenvalue weighted by Crippen LogP contribution is 2.34. The van der Waals surface area contributed by atoms with Crippen LogP contribution in [0, 0.1) is 10.1 Å². The Kier molecular flexibility index (Phi) is 8.01. The maximum Gasteiger partial charge on any atom is 0.312 e. The van der Waals surface area contributed by atoms with Crippen LogP contribution in [-0.4, -0.2) is 20.8 Å². The molecular weight excluding hydrogens is 660 g/mol. The SMILES string of the molecule is CC(C)c1nc2ccc(Br)cc2c(=O)n1N=Cc1cc(Br)cc([N+](=O)[O-])c1OCc1ccc(Br)cc1. The first-order chi connectivity index (χ1) is 17.1. The average molecular weight is 679 g/mol. The summed E-state index contributed by atoms with van der Waals surface area (Å²) in [6.07, 6.45) is 1.38. The minimum Gasteiger partial charge on any atom is -0.481 e. The van der Waals surface area contributed by atoms with Gasteiger partial charge in [-0.15, -0.1) is 0 Å². The number of fused-ring (bicyclic) bond motifs is 1. The van der Waals surface area contributed by atoms with Crippen molar-refractivity contribution in [2.45, 2.75) is 26.4 Å². The molecular formula is C25H19Br3N4O4. The zero-order chi connectivity index (χ0) is 26.0. The number of benzene rings is 3. The highest BCUT2D eigenvalue weighted by atomic mass is 79.9. The molecule has 0 aliphatic heterocycles. The maximum atomic E-state index is 13.3. The Morgan fingerprint density at radius 2 is 1.75 bits per heavy atom. The largest absolute Gasteiger partial charge is 0.481 e. The molecule has 0 saturated heterocycles. The molecule has 4 aromatic rings. The molecule has 1 aromatic heterocycles. The van der Waals surface area contributed by atoms with E-state index in [1.54, 1.807) is 18.2 Å². The summed E-state index contributed by atoms with van der Waals surface area (Å²) in [5.74, 6) is 0.409. The van der Waals surface area contributed by atoms with Crippen molar-refractivity contribution < 1.29 is 9.66 Å². The van der Waals surface area contributed by atoms with E-state index in [4.69, 9.17) is 4.74 Å². The van der Waals surface area contributed by atoms with Crippen LogP contribution < -0.4 is 10.3 Å². The van der Waals surface area contributed by atoms with Gasteiger partial charge in [0, 0.05) is 31.0 Å². The topological polar surface area (TPSA) is 99.6 Å². The fraction of sp³-hybridized carbons (Fsp3) is 0.160. The summed E-state index contributed by atoms with van der Waals surface area (Å²) in [6, 6.07) is 15.7. The Hall–Kier alpha value is -2.89. The third-order valence-corrected chi connectivity index (χ3v) is 6.70. The Morgan fingerprint density at radius 3 is 2.42 bits per heavy atom. The molecule has 0 N–H and O–H groups in total. The molecule has 0 saturated carbocycles. The first-order valence-electron chi connectivity index (χ1n) is 10.8. The van der Waals surface area contributed by atoms with Crippen LogP contribution in [0.5, 0.6) is 5.75 Å². The molecule has 0 unspecified atom stereocenters. The van der Waals surface area contributed by atoms with Crippen LogP contribution >= 0.6 is 47.8 Å². The standard InChI is InChI=1S/C25H19Br3N4O4/c1-14(2)24-30-21-8-7-18(27)10-20(21)25(33)31(24)29-12-16-9-19(28)11-22(32(34)35)23(16)36-13-15-3-5-17(26)6-4-15/h3-12,14H,13H2,1-2H3. The van der Waals surface area contributed by atoms with Crippen molar-refractivity contribution in [3.63, 3.8) is 0 Å². The van der Waals surface area contributed by atoms with Gasteiger partial charge in [0.05, 0.1) is 22.0 Å². The predicted octanol–water partition coefficient (Wildman–Crippen LogP) is 7.18. The predicted molar refractivity (Wildman–Crippen MR) is 150 cm³/mol. The lowest BCUT2D eigenvalue weighted by atomic mass is 10.1. The maximum absolute atomic E-state index is 13.3. The van der Waals surface area contributed by atoms with E-state index >= 15 is 0 Å². The molecule has 36 heavy (non-hydrogen) atoms. The third kappa shape index (κ3) is 5.74. The lowest BCUT2D eigenvalue weighted by molar-refractivity contribution is -0.386. The first-order valence-corrected chi connectivity index (χ1v) is 13.1. The second-order valence-corrected chi connectivity index (χ2v) is 10.9. The second-order valence-electron chi connectivity index (χ2n) is 8.16. The number of nitro benzene ring substituents is 1. The van der Waals surface area contributed by atoms with E-state index in [0.29, 0.717) is 26.8 Å². The van der Waals surface area contributed by atoms with Crippen molar-refractivity contribution in [3.05, 3.63) is 105 Å². The van der Waals surface area contributed by atoms with Crippen LogP contribution in [-0.2, 0) is 6.61 Å². The number of ether oxygens (including phenoxy) is 1. The zero-order valence-electron chi connectivity index (χ0n) is 19.1. The van der Waals surface area contributed by atoms with Crippen molar-refractivity contribution in [1.82, 2.24) is 9.66 Å². The number of hydrogen-bond donors (Lipinski definition) is 0. The quantitative estimate of drug-likeness (QED) is 0.117. The van der Waals surface area contributed by atoms with E-state index in [0.717, 1.165) is 14.5 Å². The average Bonchev–Trinajstić information content (AvgIpc) is 2.83. The van der Waals surface area contributed by atoms with E-state index < -0.39 is 4.92 Å². The fourth-order valence-electron chi connectivity index (χ4n) is 3.50. The van der Waals surface area contributed by atoms with Gasteiger partial charge in [-0.3, -0.25) is 14.9 Å². The van der Waals surface area contributed by atoms with Gasteiger partial charge in [-0.2, -0.15) is 9.78 Å². The van der Waals surface area contributed by atoms with Gasteiger partial charge in [0.2, 0.25) is 5.75 Å². The summed E-state index contributed by atoms with van der Waals surface area (Å²) in [5, 5.41) is 16.6. The van der Waals surface area contributed by atoms with Crippen LogP contribution in [0.1, 0.15) is 36.7 Å². The number of rotatable bonds is 7. The van der Waals surface area contributed by atoms with Gasteiger partial charge in [-0.1, -0.05) is 73.8 Å². The molecule has 0 aliphatic rings.